The first-order chi connectivity index (χ1) is 11.3. The van der Waals surface area contributed by atoms with Gasteiger partial charge in [-0.3, -0.25) is 0 Å². The second kappa shape index (κ2) is 7.47. The van der Waals surface area contributed by atoms with E-state index < -0.39 is 0 Å². The minimum Gasteiger partial charge on any atom is -0.305 e. The number of hydrogen-bond donors (Lipinski definition) is 0. The second-order valence-electron chi connectivity index (χ2n) is 5.62. The SMILES string of the molecule is Cc1ccccc1-c1nnc(SCCCc2ccccc2)n1C. The summed E-state index contributed by atoms with van der Waals surface area (Å²) in [6, 6.07) is 18.9. The Kier molecular flexibility index (Phi) is 5.13. The van der Waals surface area contributed by atoms with Crippen molar-refractivity contribution in [1.82, 2.24) is 14.8 Å². The molecule has 0 N–H and O–H groups in total. The van der Waals surface area contributed by atoms with Crippen LogP contribution in [-0.2, 0) is 13.5 Å². The maximum absolute atomic E-state index is 4.38. The highest BCUT2D eigenvalue weighted by Gasteiger charge is 2.12. The highest BCUT2D eigenvalue weighted by Crippen LogP contribution is 2.25. The van der Waals surface area contributed by atoms with Crippen LogP contribution in [0.1, 0.15) is 17.5 Å². The van der Waals surface area contributed by atoms with Gasteiger partial charge in [0.15, 0.2) is 11.0 Å². The highest BCUT2D eigenvalue weighted by molar-refractivity contribution is 7.99. The molecule has 0 spiro atoms. The van der Waals surface area contributed by atoms with Gasteiger partial charge in [-0.05, 0) is 30.9 Å². The predicted octanol–water partition coefficient (Wildman–Crippen LogP) is 4.52. The first-order valence-corrected chi connectivity index (χ1v) is 8.86. The highest BCUT2D eigenvalue weighted by atomic mass is 32.2. The summed E-state index contributed by atoms with van der Waals surface area (Å²) >= 11 is 1.78. The maximum Gasteiger partial charge on any atom is 0.191 e. The van der Waals surface area contributed by atoms with Crippen molar-refractivity contribution >= 4 is 11.8 Å². The van der Waals surface area contributed by atoms with Crippen LogP contribution in [0.4, 0.5) is 0 Å². The third-order valence-corrected chi connectivity index (χ3v) is 5.01. The fraction of sp³-hybridized carbons (Fsp3) is 0.263. The summed E-state index contributed by atoms with van der Waals surface area (Å²) < 4.78 is 2.09. The number of thioether (sulfide) groups is 1. The van der Waals surface area contributed by atoms with Crippen molar-refractivity contribution in [2.45, 2.75) is 24.9 Å². The molecule has 0 unspecified atom stereocenters. The van der Waals surface area contributed by atoms with Crippen LogP contribution in [0.2, 0.25) is 0 Å². The predicted molar refractivity (Wildman–Crippen MR) is 96.7 cm³/mol. The monoisotopic (exact) mass is 323 g/mol. The molecule has 0 atom stereocenters. The molecule has 0 bridgehead atoms. The lowest BCUT2D eigenvalue weighted by Crippen LogP contribution is -1.97. The molecule has 0 aliphatic carbocycles. The largest absolute Gasteiger partial charge is 0.305 e. The Morgan fingerprint density at radius 1 is 0.957 bits per heavy atom. The first-order valence-electron chi connectivity index (χ1n) is 7.88. The number of aromatic nitrogens is 3. The van der Waals surface area contributed by atoms with E-state index in [9.17, 15) is 0 Å². The Morgan fingerprint density at radius 3 is 2.48 bits per heavy atom. The number of hydrogen-bond acceptors (Lipinski definition) is 3. The molecule has 23 heavy (non-hydrogen) atoms. The zero-order chi connectivity index (χ0) is 16.1. The Morgan fingerprint density at radius 2 is 1.70 bits per heavy atom. The third kappa shape index (κ3) is 3.82. The smallest absolute Gasteiger partial charge is 0.191 e. The molecule has 0 amide bonds. The van der Waals surface area contributed by atoms with Crippen LogP contribution < -0.4 is 0 Å². The fourth-order valence-electron chi connectivity index (χ4n) is 2.58. The van der Waals surface area contributed by atoms with Crippen molar-refractivity contribution < 1.29 is 0 Å². The summed E-state index contributed by atoms with van der Waals surface area (Å²) in [7, 11) is 2.04. The van der Waals surface area contributed by atoms with Crippen LogP contribution in [0.5, 0.6) is 0 Å². The normalized spacial score (nSPS) is 10.9. The topological polar surface area (TPSA) is 30.7 Å². The molecule has 0 aliphatic rings. The summed E-state index contributed by atoms with van der Waals surface area (Å²) in [6.45, 7) is 2.11. The molecular weight excluding hydrogens is 302 g/mol. The van der Waals surface area contributed by atoms with Gasteiger partial charge in [0.2, 0.25) is 0 Å². The van der Waals surface area contributed by atoms with Gasteiger partial charge in [0.25, 0.3) is 0 Å². The Labute approximate surface area is 141 Å². The van der Waals surface area contributed by atoms with E-state index in [0.717, 1.165) is 35.1 Å². The minimum atomic E-state index is 0.939. The van der Waals surface area contributed by atoms with Crippen LogP contribution in [0, 0.1) is 6.92 Å². The molecule has 118 valence electrons. The lowest BCUT2D eigenvalue weighted by molar-refractivity contribution is 0.791. The Balaban J connectivity index is 1.61. The van der Waals surface area contributed by atoms with Gasteiger partial charge >= 0.3 is 0 Å². The van der Waals surface area contributed by atoms with Gasteiger partial charge in [-0.25, -0.2) is 0 Å². The fourth-order valence-corrected chi connectivity index (χ4v) is 3.43. The zero-order valence-corrected chi connectivity index (χ0v) is 14.4. The lowest BCUT2D eigenvalue weighted by Gasteiger charge is -2.06. The molecular formula is C19H21N3S. The van der Waals surface area contributed by atoms with Crippen molar-refractivity contribution in [1.29, 1.82) is 0 Å². The average Bonchev–Trinajstić information content (AvgIpc) is 2.94. The molecule has 1 heterocycles. The summed E-state index contributed by atoms with van der Waals surface area (Å²) in [5, 5.41) is 9.71. The zero-order valence-electron chi connectivity index (χ0n) is 13.6. The Hall–Kier alpha value is -2.07. The van der Waals surface area contributed by atoms with Gasteiger partial charge in [-0.2, -0.15) is 0 Å². The average molecular weight is 323 g/mol. The molecule has 0 aliphatic heterocycles. The summed E-state index contributed by atoms with van der Waals surface area (Å²) in [5.74, 6) is 1.99. The van der Waals surface area contributed by atoms with E-state index in [2.05, 4.69) is 70.2 Å². The van der Waals surface area contributed by atoms with Crippen molar-refractivity contribution in [3.05, 3.63) is 65.7 Å². The molecule has 3 aromatic rings. The second-order valence-corrected chi connectivity index (χ2v) is 6.68. The molecule has 1 aromatic heterocycles. The van der Waals surface area contributed by atoms with E-state index in [1.807, 2.05) is 13.1 Å². The van der Waals surface area contributed by atoms with Crippen molar-refractivity contribution in [2.75, 3.05) is 5.75 Å². The van der Waals surface area contributed by atoms with Gasteiger partial charge in [-0.15, -0.1) is 10.2 Å². The lowest BCUT2D eigenvalue weighted by atomic mass is 10.1. The molecule has 0 fully saturated rings. The molecule has 2 aromatic carbocycles. The summed E-state index contributed by atoms with van der Waals surface area (Å²) in [5.41, 5.74) is 3.77. The van der Waals surface area contributed by atoms with Crippen LogP contribution in [0.15, 0.2) is 59.8 Å². The van der Waals surface area contributed by atoms with Gasteiger partial charge in [0.1, 0.15) is 0 Å². The molecule has 0 radical (unpaired) electrons. The van der Waals surface area contributed by atoms with Crippen LogP contribution >= 0.6 is 11.8 Å². The van der Waals surface area contributed by atoms with Crippen molar-refractivity contribution in [2.24, 2.45) is 7.05 Å². The molecule has 4 heteroatoms. The molecule has 3 nitrogen and oxygen atoms in total. The van der Waals surface area contributed by atoms with E-state index in [1.165, 1.54) is 11.1 Å². The quantitative estimate of drug-likeness (QED) is 0.494. The van der Waals surface area contributed by atoms with E-state index in [1.54, 1.807) is 11.8 Å². The van der Waals surface area contributed by atoms with Gasteiger partial charge in [0.05, 0.1) is 0 Å². The van der Waals surface area contributed by atoms with Gasteiger partial charge in [0, 0.05) is 18.4 Å². The van der Waals surface area contributed by atoms with Gasteiger partial charge < -0.3 is 4.57 Å². The molecule has 3 rings (SSSR count). The van der Waals surface area contributed by atoms with E-state index >= 15 is 0 Å². The molecule has 0 saturated heterocycles. The van der Waals surface area contributed by atoms with Gasteiger partial charge in [-0.1, -0.05) is 66.4 Å². The number of nitrogens with zero attached hydrogens (tertiary/aromatic N) is 3. The summed E-state index contributed by atoms with van der Waals surface area (Å²) in [4.78, 5) is 0. The van der Waals surface area contributed by atoms with Crippen LogP contribution in [0.3, 0.4) is 0 Å². The number of rotatable bonds is 6. The first kappa shape index (κ1) is 15.8. The summed E-state index contributed by atoms with van der Waals surface area (Å²) in [6.07, 6.45) is 2.25. The van der Waals surface area contributed by atoms with E-state index in [4.69, 9.17) is 0 Å². The van der Waals surface area contributed by atoms with E-state index in [0.29, 0.717) is 0 Å². The third-order valence-electron chi connectivity index (χ3n) is 3.90. The van der Waals surface area contributed by atoms with Crippen molar-refractivity contribution in [3.8, 4) is 11.4 Å². The standard InChI is InChI=1S/C19H21N3S/c1-15-9-6-7-13-17(15)18-20-21-19(22(18)2)23-14-8-12-16-10-4-3-5-11-16/h3-7,9-11,13H,8,12,14H2,1-2H3. The minimum absolute atomic E-state index is 0.939. The van der Waals surface area contributed by atoms with E-state index in [-0.39, 0.29) is 0 Å². The number of aryl methyl sites for hydroxylation is 2. The van der Waals surface area contributed by atoms with Crippen molar-refractivity contribution in [3.63, 3.8) is 0 Å². The Bertz CT molecular complexity index is 765. The van der Waals surface area contributed by atoms with Crippen LogP contribution in [-0.4, -0.2) is 20.5 Å². The molecule has 0 saturated carbocycles. The maximum atomic E-state index is 4.38. The number of benzene rings is 2. The van der Waals surface area contributed by atoms with Crippen LogP contribution in [0.25, 0.3) is 11.4 Å².